The summed E-state index contributed by atoms with van der Waals surface area (Å²) in [6, 6.07) is 12.1. The minimum absolute atomic E-state index is 0.120. The number of benzene rings is 2. The van der Waals surface area contributed by atoms with Crippen LogP contribution in [0.5, 0.6) is 0 Å². The molecule has 0 aromatic heterocycles. The summed E-state index contributed by atoms with van der Waals surface area (Å²) in [5.74, 6) is 0.120. The molecule has 8 heteroatoms. The third-order valence-corrected chi connectivity index (χ3v) is 5.44. The molecule has 2 rings (SSSR count). The second kappa shape index (κ2) is 7.02. The van der Waals surface area contributed by atoms with Gasteiger partial charge in [0.1, 0.15) is 0 Å². The lowest BCUT2D eigenvalue weighted by atomic mass is 10.3. The van der Waals surface area contributed by atoms with Gasteiger partial charge in [0.2, 0.25) is 0 Å². The largest absolute Gasteiger partial charge is 0.325 e. The van der Waals surface area contributed by atoms with Crippen LogP contribution in [0, 0.1) is 5.41 Å². The molecule has 0 saturated carbocycles. The zero-order valence-electron chi connectivity index (χ0n) is 12.5. The maximum Gasteiger partial charge on any atom is 0.199 e. The fourth-order valence-corrected chi connectivity index (χ4v) is 3.22. The van der Waals surface area contributed by atoms with Crippen molar-refractivity contribution in [3.63, 3.8) is 0 Å². The lowest BCUT2D eigenvalue weighted by molar-refractivity contribution is 0.602. The van der Waals surface area contributed by atoms with Crippen molar-refractivity contribution in [3.05, 3.63) is 51.4 Å². The molecule has 0 atom stereocenters. The van der Waals surface area contributed by atoms with Gasteiger partial charge < -0.3 is 10.2 Å². The first-order valence-corrected chi connectivity index (χ1v) is 10.0. The Hall–Kier alpha value is -1.38. The third-order valence-electron chi connectivity index (χ3n) is 3.15. The Kier molecular flexibility index (Phi) is 5.49. The van der Waals surface area contributed by atoms with Crippen LogP contribution >= 0.6 is 31.9 Å². The molecule has 0 spiro atoms. The normalized spacial score (nSPS) is 11.1. The molecule has 0 fully saturated rings. The van der Waals surface area contributed by atoms with Gasteiger partial charge in [0, 0.05) is 27.9 Å². The third kappa shape index (κ3) is 4.55. The molecule has 5 nitrogen and oxygen atoms in total. The summed E-state index contributed by atoms with van der Waals surface area (Å²) in [4.78, 5) is 1.79. The van der Waals surface area contributed by atoms with Gasteiger partial charge in [-0.2, -0.15) is 0 Å². The number of nitrogens with one attached hydrogen (secondary N) is 2. The average Bonchev–Trinajstić information content (AvgIpc) is 2.49. The van der Waals surface area contributed by atoms with Gasteiger partial charge >= 0.3 is 0 Å². The Morgan fingerprint density at radius 1 is 1.17 bits per heavy atom. The summed E-state index contributed by atoms with van der Waals surface area (Å²) >= 11 is 6.81. The molecule has 0 unspecified atom stereocenters. The monoisotopic (exact) mass is 459 g/mol. The highest BCUT2D eigenvalue weighted by Crippen LogP contribution is 2.27. The van der Waals surface area contributed by atoms with E-state index in [4.69, 9.17) is 5.41 Å². The maximum absolute atomic E-state index is 11.7. The molecule has 0 radical (unpaired) electrons. The first-order valence-electron chi connectivity index (χ1n) is 6.53. The van der Waals surface area contributed by atoms with Crippen LogP contribution in [0.1, 0.15) is 0 Å². The Morgan fingerprint density at radius 2 is 1.87 bits per heavy atom. The van der Waals surface area contributed by atoms with Crippen molar-refractivity contribution in [2.75, 3.05) is 23.5 Å². The Balaban J connectivity index is 2.25. The number of guanidine groups is 1. The van der Waals surface area contributed by atoms with Gasteiger partial charge in [-0.1, -0.05) is 22.0 Å². The Morgan fingerprint density at radius 3 is 2.52 bits per heavy atom. The molecule has 0 amide bonds. The van der Waals surface area contributed by atoms with Crippen molar-refractivity contribution in [3.8, 4) is 0 Å². The van der Waals surface area contributed by atoms with E-state index in [1.54, 1.807) is 30.1 Å². The van der Waals surface area contributed by atoms with Crippen molar-refractivity contribution in [1.29, 1.82) is 5.41 Å². The molecule has 2 aromatic carbocycles. The highest BCUT2D eigenvalue weighted by molar-refractivity contribution is 9.11. The SMILES string of the molecule is CN(C(=N)Nc1cc(Br)ccc1Br)c1cccc(S(C)(=O)=O)c1. The van der Waals surface area contributed by atoms with Gasteiger partial charge in [-0.05, 0) is 52.3 Å². The fourth-order valence-electron chi connectivity index (χ4n) is 1.86. The highest BCUT2D eigenvalue weighted by atomic mass is 79.9. The van der Waals surface area contributed by atoms with E-state index in [2.05, 4.69) is 37.2 Å². The summed E-state index contributed by atoms with van der Waals surface area (Å²) in [6.45, 7) is 0. The molecular weight excluding hydrogens is 446 g/mol. The topological polar surface area (TPSA) is 73.3 Å². The zero-order chi connectivity index (χ0) is 17.2. The summed E-state index contributed by atoms with van der Waals surface area (Å²) in [6.07, 6.45) is 1.16. The Labute approximate surface area is 152 Å². The van der Waals surface area contributed by atoms with Crippen LogP contribution in [-0.4, -0.2) is 27.7 Å². The molecule has 0 heterocycles. The van der Waals surface area contributed by atoms with Crippen molar-refractivity contribution in [2.24, 2.45) is 0 Å². The summed E-state index contributed by atoms with van der Waals surface area (Å²) in [7, 11) is -1.59. The second-order valence-corrected chi connectivity index (χ2v) is 8.71. The minimum Gasteiger partial charge on any atom is -0.325 e. The first kappa shape index (κ1) is 18.0. The van der Waals surface area contributed by atoms with Crippen molar-refractivity contribution >= 4 is 59.0 Å². The number of hydrogen-bond donors (Lipinski definition) is 2. The predicted octanol–water partition coefficient (Wildman–Crippen LogP) is 4.10. The summed E-state index contributed by atoms with van der Waals surface area (Å²) in [5, 5.41) is 11.2. The maximum atomic E-state index is 11.7. The number of anilines is 2. The lowest BCUT2D eigenvalue weighted by Crippen LogP contribution is -2.32. The van der Waals surface area contributed by atoms with E-state index in [9.17, 15) is 8.42 Å². The number of halogens is 2. The van der Waals surface area contributed by atoms with Crippen LogP contribution in [0.4, 0.5) is 11.4 Å². The van der Waals surface area contributed by atoms with Gasteiger partial charge in [0.25, 0.3) is 0 Å². The van der Waals surface area contributed by atoms with Crippen molar-refractivity contribution < 1.29 is 8.42 Å². The van der Waals surface area contributed by atoms with Gasteiger partial charge in [0.05, 0.1) is 10.6 Å². The molecule has 0 aliphatic rings. The molecule has 23 heavy (non-hydrogen) atoms. The molecule has 0 aliphatic heterocycles. The molecule has 2 N–H and O–H groups in total. The quantitative estimate of drug-likeness (QED) is 0.534. The van der Waals surface area contributed by atoms with Crippen LogP contribution in [-0.2, 0) is 9.84 Å². The van der Waals surface area contributed by atoms with Crippen LogP contribution in [0.15, 0.2) is 56.3 Å². The standard InChI is InChI=1S/C15H15Br2N3O2S/c1-20(11-4-3-5-12(9-11)23(2,21)22)15(18)19-14-8-10(16)6-7-13(14)17/h3-9H,1-2H3,(H2,18,19). The van der Waals surface area contributed by atoms with E-state index in [1.165, 1.54) is 6.07 Å². The van der Waals surface area contributed by atoms with E-state index in [0.29, 0.717) is 5.69 Å². The van der Waals surface area contributed by atoms with Crippen LogP contribution in [0.2, 0.25) is 0 Å². The van der Waals surface area contributed by atoms with Gasteiger partial charge in [-0.3, -0.25) is 5.41 Å². The number of hydrogen-bond acceptors (Lipinski definition) is 3. The molecule has 122 valence electrons. The average molecular weight is 461 g/mol. The molecule has 0 aliphatic carbocycles. The first-order chi connectivity index (χ1) is 10.7. The number of rotatable bonds is 3. The summed E-state index contributed by atoms with van der Waals surface area (Å²) < 4.78 is 25.0. The lowest BCUT2D eigenvalue weighted by Gasteiger charge is -2.22. The smallest absolute Gasteiger partial charge is 0.199 e. The van der Waals surface area contributed by atoms with Crippen molar-refractivity contribution in [2.45, 2.75) is 4.90 Å². The van der Waals surface area contributed by atoms with Gasteiger partial charge in [-0.25, -0.2) is 8.42 Å². The summed E-state index contributed by atoms with van der Waals surface area (Å²) in [5.41, 5.74) is 1.34. The molecular formula is C15H15Br2N3O2S. The Bertz CT molecular complexity index is 854. The van der Waals surface area contributed by atoms with Crippen molar-refractivity contribution in [1.82, 2.24) is 0 Å². The van der Waals surface area contributed by atoms with Gasteiger partial charge in [-0.15, -0.1) is 0 Å². The van der Waals surface area contributed by atoms with E-state index in [-0.39, 0.29) is 10.9 Å². The van der Waals surface area contributed by atoms with Gasteiger partial charge in [0.15, 0.2) is 15.8 Å². The fraction of sp³-hybridized carbons (Fsp3) is 0.133. The molecule has 0 bridgehead atoms. The number of sulfone groups is 1. The zero-order valence-corrected chi connectivity index (χ0v) is 16.5. The highest BCUT2D eigenvalue weighted by Gasteiger charge is 2.13. The second-order valence-electron chi connectivity index (χ2n) is 4.93. The molecule has 0 saturated heterocycles. The van der Waals surface area contributed by atoms with Crippen LogP contribution in [0.3, 0.4) is 0 Å². The van der Waals surface area contributed by atoms with E-state index in [0.717, 1.165) is 20.9 Å². The van der Waals surface area contributed by atoms with Crippen LogP contribution in [0.25, 0.3) is 0 Å². The predicted molar refractivity (Wildman–Crippen MR) is 101 cm³/mol. The minimum atomic E-state index is -3.29. The number of nitrogens with zero attached hydrogens (tertiary/aromatic N) is 1. The van der Waals surface area contributed by atoms with E-state index < -0.39 is 9.84 Å². The molecule has 2 aromatic rings. The van der Waals surface area contributed by atoms with Crippen LogP contribution < -0.4 is 10.2 Å². The van der Waals surface area contributed by atoms with E-state index in [1.807, 2.05) is 18.2 Å². The van der Waals surface area contributed by atoms with E-state index >= 15 is 0 Å².